The fourth-order valence-electron chi connectivity index (χ4n) is 1.16. The molecule has 0 amide bonds. The quantitative estimate of drug-likeness (QED) is 0.618. The topological polar surface area (TPSA) is 38.8 Å². The number of carbonyl (C=O) groups is 1. The Bertz CT molecular complexity index is 319. The van der Waals surface area contributed by atoms with Gasteiger partial charge in [0.25, 0.3) is 0 Å². The number of carbonyl (C=O) groups excluding carboxylic acids is 1. The average Bonchev–Trinajstić information content (AvgIpc) is 2.83. The van der Waals surface area contributed by atoms with E-state index >= 15 is 0 Å². The Hall–Kier alpha value is -1.51. The van der Waals surface area contributed by atoms with Crippen LogP contribution in [0, 0.1) is 0 Å². The number of para-hydroxylation sites is 1. The second-order valence-electron chi connectivity index (χ2n) is 2.56. The average molecular weight is 164 g/mol. The Balaban J connectivity index is 2.35. The molecule has 2 rings (SSSR count). The van der Waals surface area contributed by atoms with Crippen molar-refractivity contribution in [1.82, 2.24) is 0 Å². The van der Waals surface area contributed by atoms with Gasteiger partial charge in [0, 0.05) is 5.56 Å². The predicted octanol–water partition coefficient (Wildman–Crippen LogP) is 1.29. The van der Waals surface area contributed by atoms with Gasteiger partial charge in [-0.15, -0.1) is 0 Å². The summed E-state index contributed by atoms with van der Waals surface area (Å²) in [7, 11) is 1.58. The largest absolute Gasteiger partial charge is 0.496 e. The van der Waals surface area contributed by atoms with Gasteiger partial charge >= 0.3 is 5.97 Å². The lowest BCUT2D eigenvalue weighted by Crippen LogP contribution is -1.90. The van der Waals surface area contributed by atoms with Crippen molar-refractivity contribution >= 4 is 5.97 Å². The third kappa shape index (κ3) is 1.03. The van der Waals surface area contributed by atoms with Crippen molar-refractivity contribution < 1.29 is 14.3 Å². The zero-order valence-corrected chi connectivity index (χ0v) is 6.61. The van der Waals surface area contributed by atoms with Gasteiger partial charge in [0.05, 0.1) is 7.11 Å². The molecule has 1 aromatic rings. The summed E-state index contributed by atoms with van der Waals surface area (Å²) in [5.41, 5.74) is 0.810. The smallest absolute Gasteiger partial charge is 0.353 e. The molecule has 1 fully saturated rings. The summed E-state index contributed by atoms with van der Waals surface area (Å²) in [5, 5.41) is 0. The maximum absolute atomic E-state index is 10.7. The van der Waals surface area contributed by atoms with Gasteiger partial charge in [0.1, 0.15) is 5.75 Å². The summed E-state index contributed by atoms with van der Waals surface area (Å²) in [5.74, 6) is 0.521. The summed E-state index contributed by atoms with van der Waals surface area (Å²) >= 11 is 0. The van der Waals surface area contributed by atoms with Gasteiger partial charge in [-0.05, 0) is 6.07 Å². The molecule has 3 nitrogen and oxygen atoms in total. The van der Waals surface area contributed by atoms with Crippen molar-refractivity contribution in [3.8, 4) is 5.75 Å². The molecule has 1 atom stereocenters. The Morgan fingerprint density at radius 2 is 2.08 bits per heavy atom. The molecule has 12 heavy (non-hydrogen) atoms. The van der Waals surface area contributed by atoms with Gasteiger partial charge in [0.2, 0.25) is 6.10 Å². The number of rotatable bonds is 2. The molecule has 0 N–H and O–H groups in total. The minimum Gasteiger partial charge on any atom is -0.496 e. The van der Waals surface area contributed by atoms with E-state index < -0.39 is 0 Å². The maximum atomic E-state index is 10.7. The first-order chi connectivity index (χ1) is 5.83. The summed E-state index contributed by atoms with van der Waals surface area (Å²) in [6.45, 7) is 0. The zero-order chi connectivity index (χ0) is 8.55. The molecule has 0 saturated carbocycles. The van der Waals surface area contributed by atoms with Gasteiger partial charge in [0.15, 0.2) is 0 Å². The number of cyclic esters (lactones) is 1. The molecule has 1 aromatic carbocycles. The van der Waals surface area contributed by atoms with Crippen LogP contribution in [0.3, 0.4) is 0 Å². The summed E-state index contributed by atoms with van der Waals surface area (Å²) in [6, 6.07) is 7.35. The van der Waals surface area contributed by atoms with Crippen molar-refractivity contribution in [2.75, 3.05) is 7.11 Å². The number of hydrogen-bond acceptors (Lipinski definition) is 3. The molecular formula is C9H8O3. The third-order valence-corrected chi connectivity index (χ3v) is 1.81. The molecule has 0 bridgehead atoms. The van der Waals surface area contributed by atoms with E-state index in [1.807, 2.05) is 24.3 Å². The number of epoxide rings is 1. The first-order valence-corrected chi connectivity index (χ1v) is 3.66. The lowest BCUT2D eigenvalue weighted by atomic mass is 10.1. The Morgan fingerprint density at radius 3 is 2.67 bits per heavy atom. The fourth-order valence-corrected chi connectivity index (χ4v) is 1.16. The van der Waals surface area contributed by atoms with Crippen molar-refractivity contribution in [3.63, 3.8) is 0 Å². The molecule has 1 unspecified atom stereocenters. The van der Waals surface area contributed by atoms with Crippen LogP contribution in [0.5, 0.6) is 5.75 Å². The molecule has 0 aliphatic carbocycles. The summed E-state index contributed by atoms with van der Waals surface area (Å²) < 4.78 is 9.79. The van der Waals surface area contributed by atoms with E-state index in [9.17, 15) is 4.79 Å². The monoisotopic (exact) mass is 164 g/mol. The van der Waals surface area contributed by atoms with Gasteiger partial charge in [-0.2, -0.15) is 0 Å². The van der Waals surface area contributed by atoms with Crippen molar-refractivity contribution in [1.29, 1.82) is 0 Å². The summed E-state index contributed by atoms with van der Waals surface area (Å²) in [6.07, 6.45) is -0.388. The van der Waals surface area contributed by atoms with Crippen LogP contribution in [0.1, 0.15) is 11.7 Å². The molecule has 3 heteroatoms. The molecule has 0 spiro atoms. The maximum Gasteiger partial charge on any atom is 0.353 e. The molecule has 1 aliphatic rings. The fraction of sp³-hybridized carbons (Fsp3) is 0.222. The van der Waals surface area contributed by atoms with Gasteiger partial charge in [-0.1, -0.05) is 18.2 Å². The standard InChI is InChI=1S/C9H8O3/c1-11-7-5-3-2-4-6(7)8-9(10)12-8/h2-5,8H,1H3. The Kier molecular flexibility index (Phi) is 1.50. The number of hydrogen-bond donors (Lipinski definition) is 0. The second kappa shape index (κ2) is 2.52. The highest BCUT2D eigenvalue weighted by molar-refractivity contribution is 5.89. The summed E-state index contributed by atoms with van der Waals surface area (Å²) in [4.78, 5) is 10.7. The number of benzene rings is 1. The van der Waals surface area contributed by atoms with Crippen molar-refractivity contribution in [2.45, 2.75) is 6.10 Å². The normalized spacial score (nSPS) is 20.1. The first kappa shape index (κ1) is 7.16. The van der Waals surface area contributed by atoms with Crippen LogP contribution < -0.4 is 4.74 Å². The number of methoxy groups -OCH3 is 1. The van der Waals surface area contributed by atoms with E-state index in [1.165, 1.54) is 0 Å². The molecule has 0 aromatic heterocycles. The number of ether oxygens (including phenoxy) is 2. The van der Waals surface area contributed by atoms with E-state index in [2.05, 4.69) is 0 Å². The van der Waals surface area contributed by atoms with E-state index in [0.29, 0.717) is 5.75 Å². The van der Waals surface area contributed by atoms with Crippen LogP contribution in [0.15, 0.2) is 24.3 Å². The lowest BCUT2D eigenvalue weighted by molar-refractivity contribution is -0.117. The van der Waals surface area contributed by atoms with E-state index in [4.69, 9.17) is 9.47 Å². The van der Waals surface area contributed by atoms with Crippen LogP contribution in [-0.2, 0) is 9.53 Å². The van der Waals surface area contributed by atoms with Gasteiger partial charge in [-0.25, -0.2) is 4.79 Å². The van der Waals surface area contributed by atoms with E-state index in [0.717, 1.165) is 5.56 Å². The Morgan fingerprint density at radius 1 is 1.42 bits per heavy atom. The molecule has 1 saturated heterocycles. The highest BCUT2D eigenvalue weighted by atomic mass is 16.6. The minimum atomic E-state index is -0.388. The van der Waals surface area contributed by atoms with Crippen LogP contribution in [-0.4, -0.2) is 13.1 Å². The van der Waals surface area contributed by atoms with Crippen molar-refractivity contribution in [3.05, 3.63) is 29.8 Å². The van der Waals surface area contributed by atoms with Crippen molar-refractivity contribution in [2.24, 2.45) is 0 Å². The predicted molar refractivity (Wildman–Crippen MR) is 41.8 cm³/mol. The third-order valence-electron chi connectivity index (χ3n) is 1.81. The van der Waals surface area contributed by atoms with Gasteiger partial charge < -0.3 is 9.47 Å². The molecule has 1 heterocycles. The SMILES string of the molecule is COc1ccccc1C1OC1=O. The molecule has 62 valence electrons. The van der Waals surface area contributed by atoms with Crippen LogP contribution >= 0.6 is 0 Å². The zero-order valence-electron chi connectivity index (χ0n) is 6.61. The van der Waals surface area contributed by atoms with E-state index in [-0.39, 0.29) is 12.1 Å². The molecule has 0 radical (unpaired) electrons. The highest BCUT2D eigenvalue weighted by Gasteiger charge is 2.41. The highest BCUT2D eigenvalue weighted by Crippen LogP contribution is 2.37. The van der Waals surface area contributed by atoms with Crippen LogP contribution in [0.2, 0.25) is 0 Å². The molecule has 1 aliphatic heterocycles. The van der Waals surface area contributed by atoms with E-state index in [1.54, 1.807) is 7.11 Å². The van der Waals surface area contributed by atoms with Crippen LogP contribution in [0.4, 0.5) is 0 Å². The second-order valence-corrected chi connectivity index (χ2v) is 2.56. The first-order valence-electron chi connectivity index (χ1n) is 3.66. The molecular weight excluding hydrogens is 156 g/mol. The minimum absolute atomic E-state index is 0.181. The van der Waals surface area contributed by atoms with Gasteiger partial charge in [-0.3, -0.25) is 0 Å². The lowest BCUT2D eigenvalue weighted by Gasteiger charge is -2.02. The van der Waals surface area contributed by atoms with Crippen LogP contribution in [0.25, 0.3) is 0 Å². The Labute approximate surface area is 69.9 Å².